The van der Waals surface area contributed by atoms with E-state index in [1.54, 1.807) is 12.1 Å². The zero-order valence-corrected chi connectivity index (χ0v) is 13.9. The SMILES string of the molecule is Nc1nc2ncc(CNc3ccc(C(=O)OO)cc3)nc2c(=O)[nH]1.[Al]. The summed E-state index contributed by atoms with van der Waals surface area (Å²) >= 11 is 0. The zero-order chi connectivity index (χ0) is 17.1. The molecule has 3 rings (SSSR count). The van der Waals surface area contributed by atoms with Crippen molar-refractivity contribution in [2.24, 2.45) is 0 Å². The first-order chi connectivity index (χ1) is 11.6. The fourth-order valence-electron chi connectivity index (χ4n) is 2.03. The number of nitrogens with zero attached hydrogens (tertiary/aromatic N) is 3. The summed E-state index contributed by atoms with van der Waals surface area (Å²) in [6, 6.07) is 6.25. The molecule has 5 N–H and O–H groups in total. The Morgan fingerprint density at radius 2 is 2.00 bits per heavy atom. The summed E-state index contributed by atoms with van der Waals surface area (Å²) in [7, 11) is 0. The van der Waals surface area contributed by atoms with Gasteiger partial charge in [-0.1, -0.05) is 0 Å². The first-order valence-electron chi connectivity index (χ1n) is 6.78. The van der Waals surface area contributed by atoms with E-state index in [2.05, 4.69) is 30.1 Å². The molecule has 0 aliphatic carbocycles. The van der Waals surface area contributed by atoms with Gasteiger partial charge in [-0.05, 0) is 24.3 Å². The Hall–Kier alpha value is -3.00. The van der Waals surface area contributed by atoms with E-state index in [1.807, 2.05) is 0 Å². The minimum atomic E-state index is -0.840. The molecule has 0 aliphatic rings. The topological polar surface area (TPSA) is 156 Å². The monoisotopic (exact) mass is 355 g/mol. The van der Waals surface area contributed by atoms with Gasteiger partial charge in [0.2, 0.25) is 5.95 Å². The van der Waals surface area contributed by atoms with Gasteiger partial charge in [-0.2, -0.15) is 10.2 Å². The molecule has 2 heterocycles. The summed E-state index contributed by atoms with van der Waals surface area (Å²) in [4.78, 5) is 41.1. The summed E-state index contributed by atoms with van der Waals surface area (Å²) in [5, 5.41) is 11.4. The maximum atomic E-state index is 11.8. The van der Waals surface area contributed by atoms with Crippen LogP contribution in [0.1, 0.15) is 16.1 Å². The van der Waals surface area contributed by atoms with Gasteiger partial charge in [0.05, 0.1) is 24.0 Å². The van der Waals surface area contributed by atoms with Gasteiger partial charge in [0, 0.05) is 23.0 Å². The van der Waals surface area contributed by atoms with Crippen LogP contribution in [-0.4, -0.2) is 48.5 Å². The number of aromatic amines is 1. The molecule has 2 aromatic heterocycles. The number of H-pyrrole nitrogens is 1. The lowest BCUT2D eigenvalue weighted by Gasteiger charge is -2.07. The van der Waals surface area contributed by atoms with E-state index in [0.717, 1.165) is 0 Å². The predicted molar refractivity (Wildman–Crippen MR) is 89.9 cm³/mol. The summed E-state index contributed by atoms with van der Waals surface area (Å²) < 4.78 is 0. The van der Waals surface area contributed by atoms with Gasteiger partial charge in [-0.15, -0.1) is 0 Å². The second-order valence-electron chi connectivity index (χ2n) is 4.79. The number of aromatic nitrogens is 4. The highest BCUT2D eigenvalue weighted by atomic mass is 27.0. The Bertz CT molecular complexity index is 960. The van der Waals surface area contributed by atoms with Crippen LogP contribution in [0.5, 0.6) is 0 Å². The fourth-order valence-corrected chi connectivity index (χ4v) is 2.03. The van der Waals surface area contributed by atoms with Gasteiger partial charge in [-0.3, -0.25) is 14.7 Å². The van der Waals surface area contributed by atoms with E-state index in [4.69, 9.17) is 11.0 Å². The Morgan fingerprint density at radius 1 is 1.28 bits per heavy atom. The Labute approximate surface area is 151 Å². The van der Waals surface area contributed by atoms with Crippen LogP contribution in [-0.2, 0) is 11.4 Å². The number of carbonyl (C=O) groups excluding carboxylic acids is 1. The van der Waals surface area contributed by atoms with E-state index < -0.39 is 11.5 Å². The lowest BCUT2D eigenvalue weighted by Crippen LogP contribution is -2.15. The molecule has 0 saturated carbocycles. The number of benzene rings is 1. The van der Waals surface area contributed by atoms with Crippen molar-refractivity contribution in [3.8, 4) is 0 Å². The van der Waals surface area contributed by atoms with Crippen LogP contribution in [0.25, 0.3) is 11.2 Å². The Morgan fingerprint density at radius 3 is 2.68 bits per heavy atom. The minimum Gasteiger partial charge on any atom is -0.379 e. The second-order valence-corrected chi connectivity index (χ2v) is 4.79. The van der Waals surface area contributed by atoms with Crippen molar-refractivity contribution < 1.29 is 14.9 Å². The third-order valence-corrected chi connectivity index (χ3v) is 3.16. The molecule has 0 unspecified atom stereocenters. The van der Waals surface area contributed by atoms with E-state index in [0.29, 0.717) is 17.9 Å². The number of anilines is 2. The van der Waals surface area contributed by atoms with Crippen LogP contribution >= 0.6 is 0 Å². The maximum absolute atomic E-state index is 11.8. The molecular weight excluding hydrogens is 343 g/mol. The largest absolute Gasteiger partial charge is 0.379 e. The molecule has 125 valence electrons. The third-order valence-electron chi connectivity index (χ3n) is 3.16. The number of hydrogen-bond acceptors (Lipinski definition) is 9. The van der Waals surface area contributed by atoms with Gasteiger partial charge >= 0.3 is 5.97 Å². The Kier molecular flexibility index (Phi) is 5.66. The van der Waals surface area contributed by atoms with Crippen LogP contribution in [0.3, 0.4) is 0 Å². The quantitative estimate of drug-likeness (QED) is 0.291. The van der Waals surface area contributed by atoms with Gasteiger partial charge in [0.15, 0.2) is 11.2 Å². The maximum Gasteiger partial charge on any atom is 0.372 e. The van der Waals surface area contributed by atoms with Crippen molar-refractivity contribution >= 4 is 46.1 Å². The number of nitrogens with two attached hydrogens (primary N) is 1. The molecule has 11 heteroatoms. The number of nitrogen functional groups attached to an aromatic ring is 1. The minimum absolute atomic E-state index is 0. The van der Waals surface area contributed by atoms with Crippen molar-refractivity contribution in [3.63, 3.8) is 0 Å². The van der Waals surface area contributed by atoms with Crippen LogP contribution in [0.2, 0.25) is 0 Å². The number of rotatable bonds is 4. The molecule has 25 heavy (non-hydrogen) atoms. The van der Waals surface area contributed by atoms with Crippen molar-refractivity contribution in [1.82, 2.24) is 19.9 Å². The van der Waals surface area contributed by atoms with Crippen LogP contribution in [0.15, 0.2) is 35.3 Å². The van der Waals surface area contributed by atoms with Gasteiger partial charge in [-0.25, -0.2) is 14.8 Å². The fraction of sp³-hybridized carbons (Fsp3) is 0.0714. The molecule has 1 aromatic carbocycles. The second kappa shape index (κ2) is 7.72. The molecule has 0 bridgehead atoms. The highest BCUT2D eigenvalue weighted by Gasteiger charge is 2.08. The van der Waals surface area contributed by atoms with E-state index in [1.165, 1.54) is 18.3 Å². The van der Waals surface area contributed by atoms with Crippen molar-refractivity contribution in [3.05, 3.63) is 52.1 Å². The first-order valence-corrected chi connectivity index (χ1v) is 6.78. The molecule has 0 atom stereocenters. The number of hydrogen-bond donors (Lipinski definition) is 4. The average Bonchev–Trinajstić information content (AvgIpc) is 2.60. The Balaban J connectivity index is 0.00000225. The average molecular weight is 355 g/mol. The van der Waals surface area contributed by atoms with Crippen molar-refractivity contribution in [2.45, 2.75) is 6.54 Å². The third kappa shape index (κ3) is 4.10. The van der Waals surface area contributed by atoms with Crippen LogP contribution in [0.4, 0.5) is 11.6 Å². The normalized spacial score (nSPS) is 10.1. The van der Waals surface area contributed by atoms with Gasteiger partial charge in [0.25, 0.3) is 5.56 Å². The van der Waals surface area contributed by atoms with Crippen molar-refractivity contribution in [2.75, 3.05) is 11.1 Å². The lowest BCUT2D eigenvalue weighted by atomic mass is 10.2. The summed E-state index contributed by atoms with van der Waals surface area (Å²) in [6.07, 6.45) is 1.48. The number of carbonyl (C=O) groups is 1. The molecule has 0 aliphatic heterocycles. The summed E-state index contributed by atoms with van der Waals surface area (Å²) in [5.74, 6) is -0.859. The van der Waals surface area contributed by atoms with E-state index in [-0.39, 0.29) is 40.0 Å². The lowest BCUT2D eigenvalue weighted by molar-refractivity contribution is -0.182. The zero-order valence-electron chi connectivity index (χ0n) is 12.8. The van der Waals surface area contributed by atoms with Crippen LogP contribution in [0, 0.1) is 0 Å². The molecule has 10 nitrogen and oxygen atoms in total. The number of fused-ring (bicyclic) bond motifs is 1. The van der Waals surface area contributed by atoms with Gasteiger partial charge < -0.3 is 11.1 Å². The summed E-state index contributed by atoms with van der Waals surface area (Å²) in [5.41, 5.74) is 6.70. The first kappa shape index (κ1) is 18.3. The van der Waals surface area contributed by atoms with Gasteiger partial charge in [0.1, 0.15) is 0 Å². The number of nitrogens with one attached hydrogen (secondary N) is 2. The highest BCUT2D eigenvalue weighted by molar-refractivity contribution is 5.89. The van der Waals surface area contributed by atoms with E-state index >= 15 is 0 Å². The standard InChI is InChI=1S/C14H12N6O4.Al/c15-14-19-11-10(12(21)20-14)18-9(6-17-11)5-16-8-3-1-7(2-4-8)13(22)24-23;/h1-4,6,16,23H,5H2,(H3,15,17,19,20,21);. The molecule has 0 amide bonds. The smallest absolute Gasteiger partial charge is 0.372 e. The van der Waals surface area contributed by atoms with Crippen LogP contribution < -0.4 is 16.6 Å². The van der Waals surface area contributed by atoms with Crippen molar-refractivity contribution in [1.29, 1.82) is 0 Å². The predicted octanol–water partition coefficient (Wildman–Crippen LogP) is 0.156. The molecule has 0 spiro atoms. The summed E-state index contributed by atoms with van der Waals surface area (Å²) in [6.45, 7) is 0.302. The molecule has 3 aromatic rings. The molecular formula is C14H12AlN6O4. The molecule has 0 fully saturated rings. The highest BCUT2D eigenvalue weighted by Crippen LogP contribution is 2.12. The molecule has 3 radical (unpaired) electrons. The molecule has 0 saturated heterocycles. The van der Waals surface area contributed by atoms with E-state index in [9.17, 15) is 9.59 Å².